The van der Waals surface area contributed by atoms with Crippen LogP contribution in [0, 0.1) is 5.92 Å². The van der Waals surface area contributed by atoms with E-state index in [0.29, 0.717) is 12.0 Å². The number of nitrogens with two attached hydrogens (primary N) is 1. The molecule has 1 saturated heterocycles. The molecular weight excluding hydrogens is 240 g/mol. The molecule has 5 nitrogen and oxygen atoms in total. The van der Waals surface area contributed by atoms with Crippen molar-refractivity contribution in [2.24, 2.45) is 11.7 Å². The Hall–Kier alpha value is -1.07. The van der Waals surface area contributed by atoms with Crippen LogP contribution in [0.15, 0.2) is 12.4 Å². The van der Waals surface area contributed by atoms with Crippen LogP contribution in [0.25, 0.3) is 0 Å². The van der Waals surface area contributed by atoms with Crippen LogP contribution in [-0.4, -0.2) is 41.9 Å². The summed E-state index contributed by atoms with van der Waals surface area (Å²) in [4.78, 5) is 6.86. The first-order valence-electron chi connectivity index (χ1n) is 7.31. The number of piperidine rings is 1. The fourth-order valence-electron chi connectivity index (χ4n) is 2.59. The van der Waals surface area contributed by atoms with Gasteiger partial charge in [0.25, 0.3) is 0 Å². The van der Waals surface area contributed by atoms with E-state index in [-0.39, 0.29) is 0 Å². The van der Waals surface area contributed by atoms with E-state index in [1.807, 2.05) is 13.1 Å². The van der Waals surface area contributed by atoms with E-state index in [1.54, 1.807) is 0 Å². The van der Waals surface area contributed by atoms with Crippen LogP contribution >= 0.6 is 0 Å². The molecule has 0 saturated carbocycles. The minimum atomic E-state index is 0.331. The summed E-state index contributed by atoms with van der Waals surface area (Å²) in [6, 6.07) is 0.331. The molecule has 19 heavy (non-hydrogen) atoms. The number of hydrogen-bond acceptors (Lipinski definition) is 4. The second-order valence-corrected chi connectivity index (χ2v) is 5.35. The summed E-state index contributed by atoms with van der Waals surface area (Å²) in [5.74, 6) is 1.61. The van der Waals surface area contributed by atoms with Crippen LogP contribution in [0.1, 0.15) is 26.7 Å². The highest BCUT2D eigenvalue weighted by atomic mass is 16.5. The molecule has 0 radical (unpaired) electrons. The van der Waals surface area contributed by atoms with E-state index >= 15 is 0 Å². The van der Waals surface area contributed by atoms with Gasteiger partial charge in [0.2, 0.25) is 5.95 Å². The summed E-state index contributed by atoms with van der Waals surface area (Å²) >= 11 is 0. The Morgan fingerprint density at radius 1 is 1.53 bits per heavy atom. The molecule has 0 amide bonds. The van der Waals surface area contributed by atoms with Gasteiger partial charge in [-0.3, -0.25) is 0 Å². The number of anilines is 1. The summed E-state index contributed by atoms with van der Waals surface area (Å²) in [6.45, 7) is 8.83. The molecule has 0 aromatic carbocycles. The SMILES string of the molecule is CCOCCCn1ccnc1N1CCC(N)C(C)C1. The average molecular weight is 266 g/mol. The zero-order chi connectivity index (χ0) is 13.7. The van der Waals surface area contributed by atoms with Crippen molar-refractivity contribution in [1.29, 1.82) is 0 Å². The summed E-state index contributed by atoms with van der Waals surface area (Å²) < 4.78 is 7.61. The lowest BCUT2D eigenvalue weighted by molar-refractivity contribution is 0.141. The van der Waals surface area contributed by atoms with Gasteiger partial charge < -0.3 is 19.9 Å². The molecule has 2 N–H and O–H groups in total. The Morgan fingerprint density at radius 3 is 3.11 bits per heavy atom. The Labute approximate surface area is 115 Å². The van der Waals surface area contributed by atoms with Crippen LogP contribution < -0.4 is 10.6 Å². The molecule has 2 unspecified atom stereocenters. The largest absolute Gasteiger partial charge is 0.382 e. The van der Waals surface area contributed by atoms with Crippen molar-refractivity contribution in [3.63, 3.8) is 0 Å². The maximum atomic E-state index is 6.08. The number of rotatable bonds is 6. The highest BCUT2D eigenvalue weighted by Crippen LogP contribution is 2.21. The van der Waals surface area contributed by atoms with Crippen molar-refractivity contribution in [2.75, 3.05) is 31.2 Å². The summed E-state index contributed by atoms with van der Waals surface area (Å²) in [5.41, 5.74) is 6.08. The monoisotopic (exact) mass is 266 g/mol. The van der Waals surface area contributed by atoms with E-state index in [2.05, 4.69) is 27.6 Å². The van der Waals surface area contributed by atoms with Gasteiger partial charge in [-0.2, -0.15) is 0 Å². The lowest BCUT2D eigenvalue weighted by Gasteiger charge is -2.35. The molecule has 0 bridgehead atoms. The van der Waals surface area contributed by atoms with Gasteiger partial charge in [0.15, 0.2) is 0 Å². The highest BCUT2D eigenvalue weighted by Gasteiger charge is 2.25. The van der Waals surface area contributed by atoms with E-state index < -0.39 is 0 Å². The van der Waals surface area contributed by atoms with Crippen molar-refractivity contribution < 1.29 is 4.74 Å². The number of imidazole rings is 1. The highest BCUT2D eigenvalue weighted by molar-refractivity contribution is 5.32. The molecule has 108 valence electrons. The van der Waals surface area contributed by atoms with Gasteiger partial charge in [-0.1, -0.05) is 6.92 Å². The lowest BCUT2D eigenvalue weighted by Crippen LogP contribution is -2.46. The topological polar surface area (TPSA) is 56.3 Å². The Bertz CT molecular complexity index is 379. The van der Waals surface area contributed by atoms with Crippen LogP contribution in [0.3, 0.4) is 0 Å². The summed E-state index contributed by atoms with van der Waals surface area (Å²) in [5, 5.41) is 0. The smallest absolute Gasteiger partial charge is 0.205 e. The molecule has 2 atom stereocenters. The first kappa shape index (κ1) is 14.3. The standard InChI is InChI=1S/C14H26N4O/c1-3-19-10-4-7-17-9-6-16-14(17)18-8-5-13(15)12(2)11-18/h6,9,12-13H,3-5,7-8,10-11,15H2,1-2H3. The average Bonchev–Trinajstić information content (AvgIpc) is 2.86. The Balaban J connectivity index is 1.91. The second kappa shape index (κ2) is 6.91. The summed E-state index contributed by atoms with van der Waals surface area (Å²) in [7, 11) is 0. The minimum Gasteiger partial charge on any atom is -0.382 e. The van der Waals surface area contributed by atoms with Gasteiger partial charge in [-0.15, -0.1) is 0 Å². The van der Waals surface area contributed by atoms with Crippen molar-refractivity contribution >= 4 is 5.95 Å². The quantitative estimate of drug-likeness (QED) is 0.793. The van der Waals surface area contributed by atoms with Crippen molar-refractivity contribution in [1.82, 2.24) is 9.55 Å². The van der Waals surface area contributed by atoms with Gasteiger partial charge in [0.1, 0.15) is 0 Å². The normalized spacial score (nSPS) is 23.8. The molecule has 0 aliphatic carbocycles. The fraction of sp³-hybridized carbons (Fsp3) is 0.786. The number of ether oxygens (including phenoxy) is 1. The molecule has 1 aliphatic rings. The molecule has 0 spiro atoms. The summed E-state index contributed by atoms with van der Waals surface area (Å²) in [6.07, 6.45) is 6.02. The predicted octanol–water partition coefficient (Wildman–Crippen LogP) is 1.48. The van der Waals surface area contributed by atoms with E-state index in [4.69, 9.17) is 10.5 Å². The van der Waals surface area contributed by atoms with Crippen LogP contribution in [0.4, 0.5) is 5.95 Å². The molecule has 2 rings (SSSR count). The molecular formula is C14H26N4O. The van der Waals surface area contributed by atoms with E-state index in [9.17, 15) is 0 Å². The van der Waals surface area contributed by atoms with Crippen molar-refractivity contribution in [3.8, 4) is 0 Å². The van der Waals surface area contributed by atoms with E-state index in [0.717, 1.165) is 51.6 Å². The first-order valence-corrected chi connectivity index (χ1v) is 7.31. The third kappa shape index (κ3) is 3.70. The number of nitrogens with zero attached hydrogens (tertiary/aromatic N) is 3. The molecule has 1 fully saturated rings. The molecule has 1 aromatic heterocycles. The fourth-order valence-corrected chi connectivity index (χ4v) is 2.59. The van der Waals surface area contributed by atoms with E-state index in [1.165, 1.54) is 0 Å². The maximum absolute atomic E-state index is 6.08. The van der Waals surface area contributed by atoms with Gasteiger partial charge in [-0.25, -0.2) is 4.98 Å². The predicted molar refractivity (Wildman–Crippen MR) is 77.3 cm³/mol. The van der Waals surface area contributed by atoms with Gasteiger partial charge in [-0.05, 0) is 25.7 Å². The van der Waals surface area contributed by atoms with Crippen LogP contribution in [0.2, 0.25) is 0 Å². The van der Waals surface area contributed by atoms with Gasteiger partial charge in [0.05, 0.1) is 0 Å². The maximum Gasteiger partial charge on any atom is 0.205 e. The first-order chi connectivity index (χ1) is 9.22. The third-order valence-corrected chi connectivity index (χ3v) is 3.84. The van der Waals surface area contributed by atoms with Gasteiger partial charge in [0, 0.05) is 51.3 Å². The minimum absolute atomic E-state index is 0.331. The lowest BCUT2D eigenvalue weighted by atomic mass is 9.95. The zero-order valence-electron chi connectivity index (χ0n) is 12.1. The molecule has 1 aliphatic heterocycles. The van der Waals surface area contributed by atoms with Crippen LogP contribution in [-0.2, 0) is 11.3 Å². The molecule has 2 heterocycles. The molecule has 1 aromatic rings. The van der Waals surface area contributed by atoms with Crippen molar-refractivity contribution in [2.45, 2.75) is 39.3 Å². The number of aromatic nitrogens is 2. The third-order valence-electron chi connectivity index (χ3n) is 3.84. The number of hydrogen-bond donors (Lipinski definition) is 1. The van der Waals surface area contributed by atoms with Crippen LogP contribution in [0.5, 0.6) is 0 Å². The molecule has 5 heteroatoms. The second-order valence-electron chi connectivity index (χ2n) is 5.35. The number of aryl methyl sites for hydroxylation is 1. The Morgan fingerprint density at radius 2 is 2.37 bits per heavy atom. The zero-order valence-corrected chi connectivity index (χ0v) is 12.1. The van der Waals surface area contributed by atoms with Gasteiger partial charge >= 0.3 is 0 Å². The Kier molecular flexibility index (Phi) is 5.22. The van der Waals surface area contributed by atoms with Crippen molar-refractivity contribution in [3.05, 3.63) is 12.4 Å².